The fourth-order valence-corrected chi connectivity index (χ4v) is 8.67. The first kappa shape index (κ1) is 24.0. The number of benzene rings is 8. The number of aromatic nitrogens is 2. The van der Waals surface area contributed by atoms with E-state index in [0.717, 1.165) is 22.2 Å². The molecule has 0 unspecified atom stereocenters. The van der Waals surface area contributed by atoms with Crippen molar-refractivity contribution in [2.45, 2.75) is 0 Å². The zero-order valence-electron chi connectivity index (χ0n) is 25.2. The van der Waals surface area contributed by atoms with Crippen LogP contribution < -0.4 is 0 Å². The van der Waals surface area contributed by atoms with Crippen LogP contribution in [0.1, 0.15) is 0 Å². The third-order valence-electron chi connectivity index (χ3n) is 10.6. The molecule has 0 aliphatic rings. The van der Waals surface area contributed by atoms with Crippen LogP contribution in [0.15, 0.2) is 150 Å². The van der Waals surface area contributed by atoms with Crippen LogP contribution in [-0.2, 0) is 0 Å². The van der Waals surface area contributed by atoms with E-state index in [1.54, 1.807) is 0 Å². The maximum atomic E-state index is 6.51. The Hall–Kier alpha value is -6.32. The van der Waals surface area contributed by atoms with Gasteiger partial charge in [0.1, 0.15) is 11.2 Å². The monoisotopic (exact) mass is 596 g/mol. The smallest absolute Gasteiger partial charge is 0.137 e. The van der Waals surface area contributed by atoms with E-state index in [4.69, 9.17) is 4.42 Å². The van der Waals surface area contributed by atoms with Crippen LogP contribution in [-0.4, -0.2) is 8.97 Å². The molecule has 3 nitrogen and oxygen atoms in total. The first-order valence-corrected chi connectivity index (χ1v) is 16.2. The lowest BCUT2D eigenvalue weighted by molar-refractivity contribution is 0.669. The first-order valence-electron chi connectivity index (χ1n) is 16.2. The van der Waals surface area contributed by atoms with Gasteiger partial charge in [0.25, 0.3) is 0 Å². The predicted octanol–water partition coefficient (Wildman–Crippen LogP) is 12.1. The van der Waals surface area contributed by atoms with E-state index < -0.39 is 0 Å². The molecule has 47 heavy (non-hydrogen) atoms. The highest BCUT2D eigenvalue weighted by molar-refractivity contribution is 6.28. The molecule has 0 spiro atoms. The van der Waals surface area contributed by atoms with Crippen molar-refractivity contribution < 1.29 is 4.42 Å². The highest BCUT2D eigenvalue weighted by atomic mass is 16.3. The van der Waals surface area contributed by atoms with Crippen LogP contribution in [0.2, 0.25) is 0 Å². The molecule has 0 fully saturated rings. The van der Waals surface area contributed by atoms with E-state index in [2.05, 4.69) is 155 Å². The van der Waals surface area contributed by atoms with Gasteiger partial charge in [-0.15, -0.1) is 0 Å². The zero-order valence-corrected chi connectivity index (χ0v) is 25.2. The Morgan fingerprint density at radius 1 is 0.362 bits per heavy atom. The second-order valence-corrected chi connectivity index (χ2v) is 12.9. The van der Waals surface area contributed by atoms with Gasteiger partial charge in [0.2, 0.25) is 0 Å². The number of furan rings is 1. The Morgan fingerprint density at radius 3 is 2.02 bits per heavy atom. The molecule has 0 amide bonds. The molecule has 4 heterocycles. The average molecular weight is 597 g/mol. The molecule has 0 N–H and O–H groups in total. The van der Waals surface area contributed by atoms with Crippen molar-refractivity contribution >= 4 is 103 Å². The van der Waals surface area contributed by atoms with E-state index in [1.165, 1.54) is 86.8 Å². The summed E-state index contributed by atoms with van der Waals surface area (Å²) in [6.45, 7) is 0. The van der Waals surface area contributed by atoms with Crippen molar-refractivity contribution in [2.24, 2.45) is 0 Å². The summed E-state index contributed by atoms with van der Waals surface area (Å²) in [5.74, 6) is 0. The van der Waals surface area contributed by atoms with Gasteiger partial charge in [-0.1, -0.05) is 91.0 Å². The molecule has 0 bridgehead atoms. The van der Waals surface area contributed by atoms with E-state index in [9.17, 15) is 0 Å². The largest absolute Gasteiger partial charge is 0.456 e. The Labute approximate surface area is 267 Å². The first-order chi connectivity index (χ1) is 23.3. The quantitative estimate of drug-likeness (QED) is 0.185. The number of fused-ring (bicyclic) bond motifs is 16. The van der Waals surface area contributed by atoms with Gasteiger partial charge in [0, 0.05) is 54.8 Å². The molecule has 0 aliphatic heterocycles. The molecule has 12 rings (SSSR count). The summed E-state index contributed by atoms with van der Waals surface area (Å²) >= 11 is 0. The van der Waals surface area contributed by atoms with Crippen LogP contribution in [0.4, 0.5) is 0 Å². The van der Waals surface area contributed by atoms with Crippen molar-refractivity contribution in [3.8, 4) is 5.69 Å². The molecule has 0 saturated carbocycles. The number of para-hydroxylation sites is 3. The lowest BCUT2D eigenvalue weighted by atomic mass is 10.0. The summed E-state index contributed by atoms with van der Waals surface area (Å²) in [5, 5.41) is 15.1. The summed E-state index contributed by atoms with van der Waals surface area (Å²) in [6, 6.07) is 53.2. The Morgan fingerprint density at radius 2 is 1.11 bits per heavy atom. The third-order valence-corrected chi connectivity index (χ3v) is 10.6. The molecule has 216 valence electrons. The van der Waals surface area contributed by atoms with Crippen molar-refractivity contribution in [3.63, 3.8) is 0 Å². The summed E-state index contributed by atoms with van der Waals surface area (Å²) < 4.78 is 11.4. The van der Waals surface area contributed by atoms with Gasteiger partial charge < -0.3 is 13.4 Å². The van der Waals surface area contributed by atoms with Crippen LogP contribution >= 0.6 is 0 Å². The number of hydrogen-bond donors (Lipinski definition) is 0. The lowest BCUT2D eigenvalue weighted by Gasteiger charge is -2.09. The van der Waals surface area contributed by atoms with Gasteiger partial charge >= 0.3 is 0 Å². The highest BCUT2D eigenvalue weighted by Gasteiger charge is 2.20. The molecule has 0 atom stereocenters. The Kier molecular flexibility index (Phi) is 4.22. The van der Waals surface area contributed by atoms with Gasteiger partial charge in [-0.25, -0.2) is 0 Å². The maximum Gasteiger partial charge on any atom is 0.137 e. The van der Waals surface area contributed by atoms with E-state index in [0.29, 0.717) is 0 Å². The average Bonchev–Trinajstić information content (AvgIpc) is 3.86. The molecule has 0 radical (unpaired) electrons. The molecule has 0 aliphatic carbocycles. The van der Waals surface area contributed by atoms with Crippen molar-refractivity contribution in [1.82, 2.24) is 8.97 Å². The second-order valence-electron chi connectivity index (χ2n) is 12.9. The molecule has 3 heteroatoms. The van der Waals surface area contributed by atoms with E-state index in [-0.39, 0.29) is 0 Å². The number of hydrogen-bond acceptors (Lipinski definition) is 1. The SMILES string of the molecule is c1ccc2c(c1)ccc1oc3cc(-n4c5ccccc5c5c6cc7c8cccc9c%10ccccc%10n(c7cc6ccc54)c98)ccc3c12. The predicted molar refractivity (Wildman–Crippen MR) is 198 cm³/mol. The number of nitrogens with zero attached hydrogens (tertiary/aromatic N) is 2. The molecular weight excluding hydrogens is 572 g/mol. The third kappa shape index (κ3) is 2.89. The minimum atomic E-state index is 0.903. The highest BCUT2D eigenvalue weighted by Crippen LogP contribution is 2.44. The molecule has 12 aromatic rings. The van der Waals surface area contributed by atoms with Crippen molar-refractivity contribution in [2.75, 3.05) is 0 Å². The molecular formula is C44H24N2O. The minimum absolute atomic E-state index is 0.903. The lowest BCUT2D eigenvalue weighted by Crippen LogP contribution is -1.93. The van der Waals surface area contributed by atoms with Crippen LogP contribution in [0, 0.1) is 0 Å². The fourth-order valence-electron chi connectivity index (χ4n) is 8.67. The van der Waals surface area contributed by atoms with Crippen LogP contribution in [0.5, 0.6) is 0 Å². The number of rotatable bonds is 1. The van der Waals surface area contributed by atoms with Gasteiger partial charge in [-0.2, -0.15) is 0 Å². The van der Waals surface area contributed by atoms with E-state index in [1.807, 2.05) is 0 Å². The topological polar surface area (TPSA) is 22.5 Å². The summed E-state index contributed by atoms with van der Waals surface area (Å²) in [5.41, 5.74) is 9.14. The Bertz CT molecular complexity index is 3300. The summed E-state index contributed by atoms with van der Waals surface area (Å²) in [4.78, 5) is 0. The molecule has 0 saturated heterocycles. The van der Waals surface area contributed by atoms with Gasteiger partial charge in [0.05, 0.1) is 27.6 Å². The molecule has 8 aromatic carbocycles. The van der Waals surface area contributed by atoms with Crippen molar-refractivity contribution in [3.05, 3.63) is 146 Å². The normalized spacial score (nSPS) is 12.7. The van der Waals surface area contributed by atoms with E-state index >= 15 is 0 Å². The fraction of sp³-hybridized carbons (Fsp3) is 0. The van der Waals surface area contributed by atoms with Gasteiger partial charge in [0.15, 0.2) is 0 Å². The minimum Gasteiger partial charge on any atom is -0.456 e. The van der Waals surface area contributed by atoms with Crippen LogP contribution in [0.3, 0.4) is 0 Å². The summed E-state index contributed by atoms with van der Waals surface area (Å²) in [6.07, 6.45) is 0. The standard InChI is InChI=1S/C44H24N2O/c1-2-9-28-25(8-1)17-21-40-43(28)33-19-18-27(23-41(33)47-40)45-37-15-6-4-11-32(37)42-34-24-35-31-13-7-12-30-29-10-3-5-14-36(29)46(44(30)31)39(35)22-26(34)16-20-38(42)45/h1-24H. The Balaban J connectivity index is 1.18. The van der Waals surface area contributed by atoms with Gasteiger partial charge in [-0.05, 0) is 70.1 Å². The van der Waals surface area contributed by atoms with Crippen molar-refractivity contribution in [1.29, 1.82) is 0 Å². The van der Waals surface area contributed by atoms with Gasteiger partial charge in [-0.3, -0.25) is 0 Å². The van der Waals surface area contributed by atoms with Crippen LogP contribution in [0.25, 0.3) is 109 Å². The summed E-state index contributed by atoms with van der Waals surface area (Å²) in [7, 11) is 0. The molecule has 4 aromatic heterocycles. The second kappa shape index (κ2) is 8.28. The maximum absolute atomic E-state index is 6.51. The zero-order chi connectivity index (χ0) is 30.4.